The standard InChI is InChI=1S/C14H13ClN2O/c1-17(9-11-5-7-16-8-6-11)14-12(10-18)3-2-4-13(14)15/h2-8,10H,9H2,1H3. The van der Waals surface area contributed by atoms with E-state index in [4.69, 9.17) is 11.6 Å². The molecule has 0 amide bonds. The monoisotopic (exact) mass is 260 g/mol. The molecule has 0 radical (unpaired) electrons. The number of anilines is 1. The summed E-state index contributed by atoms with van der Waals surface area (Å²) >= 11 is 6.16. The van der Waals surface area contributed by atoms with E-state index in [1.54, 1.807) is 30.6 Å². The van der Waals surface area contributed by atoms with Gasteiger partial charge < -0.3 is 4.90 Å². The average Bonchev–Trinajstić information content (AvgIpc) is 2.39. The van der Waals surface area contributed by atoms with Crippen LogP contribution in [0.5, 0.6) is 0 Å². The van der Waals surface area contributed by atoms with Crippen molar-refractivity contribution in [2.24, 2.45) is 0 Å². The number of carbonyl (C=O) groups is 1. The molecule has 0 fully saturated rings. The van der Waals surface area contributed by atoms with Gasteiger partial charge in [-0.2, -0.15) is 0 Å². The third kappa shape index (κ3) is 2.68. The Morgan fingerprint density at radius 1 is 1.28 bits per heavy atom. The van der Waals surface area contributed by atoms with E-state index in [9.17, 15) is 4.79 Å². The molecule has 0 N–H and O–H groups in total. The first-order valence-corrected chi connectivity index (χ1v) is 5.94. The molecule has 18 heavy (non-hydrogen) atoms. The summed E-state index contributed by atoms with van der Waals surface area (Å²) in [6.07, 6.45) is 4.32. The van der Waals surface area contributed by atoms with Crippen LogP contribution in [0.3, 0.4) is 0 Å². The molecule has 2 rings (SSSR count). The van der Waals surface area contributed by atoms with Gasteiger partial charge in [0.15, 0.2) is 6.29 Å². The van der Waals surface area contributed by atoms with E-state index >= 15 is 0 Å². The number of pyridine rings is 1. The Labute approximate surface area is 111 Å². The van der Waals surface area contributed by atoms with Crippen LogP contribution in [0.4, 0.5) is 5.69 Å². The highest BCUT2D eigenvalue weighted by Crippen LogP contribution is 2.29. The van der Waals surface area contributed by atoms with Gasteiger partial charge in [0, 0.05) is 31.5 Å². The quantitative estimate of drug-likeness (QED) is 0.792. The summed E-state index contributed by atoms with van der Waals surface area (Å²) in [5, 5.41) is 0.580. The van der Waals surface area contributed by atoms with Gasteiger partial charge in [-0.3, -0.25) is 9.78 Å². The van der Waals surface area contributed by atoms with Crippen LogP contribution in [-0.4, -0.2) is 18.3 Å². The van der Waals surface area contributed by atoms with E-state index in [1.165, 1.54) is 0 Å². The van der Waals surface area contributed by atoms with Crippen LogP contribution in [0.1, 0.15) is 15.9 Å². The second-order valence-electron chi connectivity index (χ2n) is 4.01. The lowest BCUT2D eigenvalue weighted by molar-refractivity contribution is 0.112. The molecule has 0 saturated carbocycles. The predicted molar refractivity (Wildman–Crippen MR) is 73.2 cm³/mol. The van der Waals surface area contributed by atoms with Crippen LogP contribution >= 0.6 is 11.6 Å². The summed E-state index contributed by atoms with van der Waals surface area (Å²) in [6, 6.07) is 9.20. The zero-order valence-corrected chi connectivity index (χ0v) is 10.8. The molecule has 3 nitrogen and oxygen atoms in total. The van der Waals surface area contributed by atoms with Gasteiger partial charge in [-0.05, 0) is 29.8 Å². The molecular weight excluding hydrogens is 248 g/mol. The number of halogens is 1. The molecule has 1 aromatic carbocycles. The molecule has 0 spiro atoms. The normalized spacial score (nSPS) is 10.1. The maximum Gasteiger partial charge on any atom is 0.152 e. The largest absolute Gasteiger partial charge is 0.368 e. The minimum absolute atomic E-state index is 0.580. The molecule has 0 unspecified atom stereocenters. The van der Waals surface area contributed by atoms with Crippen molar-refractivity contribution >= 4 is 23.6 Å². The van der Waals surface area contributed by atoms with Crippen molar-refractivity contribution in [3.8, 4) is 0 Å². The van der Waals surface area contributed by atoms with Crippen molar-refractivity contribution in [2.75, 3.05) is 11.9 Å². The smallest absolute Gasteiger partial charge is 0.152 e. The number of para-hydroxylation sites is 1. The third-order valence-electron chi connectivity index (χ3n) is 2.70. The molecule has 92 valence electrons. The molecule has 2 aromatic rings. The Morgan fingerprint density at radius 3 is 2.67 bits per heavy atom. The highest BCUT2D eigenvalue weighted by molar-refractivity contribution is 6.33. The average molecular weight is 261 g/mol. The zero-order valence-electron chi connectivity index (χ0n) is 10.0. The van der Waals surface area contributed by atoms with E-state index in [-0.39, 0.29) is 0 Å². The molecule has 0 aliphatic heterocycles. The summed E-state index contributed by atoms with van der Waals surface area (Å²) in [4.78, 5) is 17.0. The van der Waals surface area contributed by atoms with Gasteiger partial charge in [-0.15, -0.1) is 0 Å². The second kappa shape index (κ2) is 5.65. The van der Waals surface area contributed by atoms with Gasteiger partial charge in [-0.1, -0.05) is 17.7 Å². The molecule has 0 aliphatic rings. The van der Waals surface area contributed by atoms with Crippen molar-refractivity contribution in [3.05, 3.63) is 58.9 Å². The van der Waals surface area contributed by atoms with Crippen LogP contribution in [0.2, 0.25) is 5.02 Å². The van der Waals surface area contributed by atoms with Gasteiger partial charge in [0.05, 0.1) is 10.7 Å². The van der Waals surface area contributed by atoms with Crippen molar-refractivity contribution < 1.29 is 4.79 Å². The first-order chi connectivity index (χ1) is 8.72. The Balaban J connectivity index is 2.29. The molecule has 1 aromatic heterocycles. The van der Waals surface area contributed by atoms with Gasteiger partial charge in [0.2, 0.25) is 0 Å². The highest BCUT2D eigenvalue weighted by Gasteiger charge is 2.11. The molecular formula is C14H13ClN2O. The fourth-order valence-corrected chi connectivity index (χ4v) is 2.20. The van der Waals surface area contributed by atoms with Crippen molar-refractivity contribution in [1.82, 2.24) is 4.98 Å². The molecule has 4 heteroatoms. The maximum atomic E-state index is 11.0. The molecule has 0 saturated heterocycles. The van der Waals surface area contributed by atoms with Crippen LogP contribution < -0.4 is 4.90 Å². The summed E-state index contributed by atoms with van der Waals surface area (Å²) in [6.45, 7) is 0.674. The van der Waals surface area contributed by atoms with E-state index in [1.807, 2.05) is 24.1 Å². The lowest BCUT2D eigenvalue weighted by Crippen LogP contribution is -2.18. The van der Waals surface area contributed by atoms with Gasteiger partial charge >= 0.3 is 0 Å². The third-order valence-corrected chi connectivity index (χ3v) is 3.00. The van der Waals surface area contributed by atoms with Crippen molar-refractivity contribution in [2.45, 2.75) is 6.54 Å². The predicted octanol–water partition coefficient (Wildman–Crippen LogP) is 3.18. The van der Waals surface area contributed by atoms with Crippen LogP contribution in [0.25, 0.3) is 0 Å². The SMILES string of the molecule is CN(Cc1ccncc1)c1c(Cl)cccc1C=O. The first-order valence-electron chi connectivity index (χ1n) is 5.56. The molecule has 0 bridgehead atoms. The lowest BCUT2D eigenvalue weighted by atomic mass is 10.1. The van der Waals surface area contributed by atoms with E-state index in [2.05, 4.69) is 4.98 Å². The van der Waals surface area contributed by atoms with Crippen LogP contribution in [0, 0.1) is 0 Å². The number of aromatic nitrogens is 1. The number of aldehydes is 1. The Bertz CT molecular complexity index is 543. The number of carbonyl (C=O) groups excluding carboxylic acids is 1. The zero-order chi connectivity index (χ0) is 13.0. The van der Waals surface area contributed by atoms with Crippen LogP contribution in [0.15, 0.2) is 42.7 Å². The maximum absolute atomic E-state index is 11.0. The molecule has 1 heterocycles. The van der Waals surface area contributed by atoms with Gasteiger partial charge in [0.25, 0.3) is 0 Å². The fraction of sp³-hybridized carbons (Fsp3) is 0.143. The number of benzene rings is 1. The van der Waals surface area contributed by atoms with Gasteiger partial charge in [-0.25, -0.2) is 0 Å². The van der Waals surface area contributed by atoms with Crippen LogP contribution in [-0.2, 0) is 6.54 Å². The molecule has 0 atom stereocenters. The van der Waals surface area contributed by atoms with Gasteiger partial charge in [0.1, 0.15) is 0 Å². The number of rotatable bonds is 4. The summed E-state index contributed by atoms with van der Waals surface area (Å²) < 4.78 is 0. The molecule has 0 aliphatic carbocycles. The Kier molecular flexibility index (Phi) is 3.95. The number of hydrogen-bond acceptors (Lipinski definition) is 3. The van der Waals surface area contributed by atoms with E-state index in [0.29, 0.717) is 17.1 Å². The minimum atomic E-state index is 0.580. The summed E-state index contributed by atoms with van der Waals surface area (Å²) in [5.74, 6) is 0. The number of nitrogens with zero attached hydrogens (tertiary/aromatic N) is 2. The Morgan fingerprint density at radius 2 is 2.00 bits per heavy atom. The lowest BCUT2D eigenvalue weighted by Gasteiger charge is -2.22. The van der Waals surface area contributed by atoms with Crippen molar-refractivity contribution in [1.29, 1.82) is 0 Å². The topological polar surface area (TPSA) is 33.2 Å². The summed E-state index contributed by atoms with van der Waals surface area (Å²) in [5.41, 5.74) is 2.47. The summed E-state index contributed by atoms with van der Waals surface area (Å²) in [7, 11) is 1.91. The van der Waals surface area contributed by atoms with Crippen molar-refractivity contribution in [3.63, 3.8) is 0 Å². The fourth-order valence-electron chi connectivity index (χ4n) is 1.87. The first kappa shape index (κ1) is 12.6. The number of hydrogen-bond donors (Lipinski definition) is 0. The van der Waals surface area contributed by atoms with E-state index < -0.39 is 0 Å². The highest BCUT2D eigenvalue weighted by atomic mass is 35.5. The minimum Gasteiger partial charge on any atom is -0.368 e. The Hall–Kier alpha value is -1.87. The van der Waals surface area contributed by atoms with E-state index in [0.717, 1.165) is 17.5 Å². The second-order valence-corrected chi connectivity index (χ2v) is 4.41.